The van der Waals surface area contributed by atoms with Gasteiger partial charge in [-0.1, -0.05) is 30.0 Å². The molecule has 0 saturated carbocycles. The third-order valence-corrected chi connectivity index (χ3v) is 4.71. The van der Waals surface area contributed by atoms with Crippen LogP contribution >= 0.6 is 11.8 Å². The molecule has 1 aromatic rings. The number of aliphatic imine (C=N–C) groups is 1. The van der Waals surface area contributed by atoms with Crippen LogP contribution in [0, 0.1) is 0 Å². The van der Waals surface area contributed by atoms with Crippen molar-refractivity contribution >= 4 is 28.5 Å². The zero-order chi connectivity index (χ0) is 19.8. The van der Waals surface area contributed by atoms with Crippen LogP contribution < -0.4 is 0 Å². The van der Waals surface area contributed by atoms with Crippen molar-refractivity contribution in [1.82, 2.24) is 0 Å². The van der Waals surface area contributed by atoms with Gasteiger partial charge in [0.05, 0.1) is 18.7 Å². The number of carbonyl (C=O) groups excluding carboxylic acids is 1. The molecule has 1 unspecified atom stereocenters. The normalized spacial score (nSPS) is 18.2. The Labute approximate surface area is 147 Å². The van der Waals surface area contributed by atoms with E-state index in [2.05, 4.69) is 4.99 Å². The van der Waals surface area contributed by atoms with E-state index in [0.717, 1.165) is 0 Å². The number of alkyl halides is 7. The van der Waals surface area contributed by atoms with Gasteiger partial charge in [0, 0.05) is 5.25 Å². The molecule has 1 aromatic carbocycles. The monoisotopic (exact) mass is 403 g/mol. The smallest absolute Gasteiger partial charge is 0.460 e. The van der Waals surface area contributed by atoms with E-state index in [1.54, 1.807) is 0 Å². The third kappa shape index (κ3) is 3.67. The first-order chi connectivity index (χ1) is 11.9. The van der Waals surface area contributed by atoms with Crippen LogP contribution in [0.3, 0.4) is 0 Å². The lowest BCUT2D eigenvalue weighted by Crippen LogP contribution is -2.55. The number of para-hydroxylation sites is 1. The first-order valence-electron chi connectivity index (χ1n) is 7.24. The van der Waals surface area contributed by atoms with Crippen molar-refractivity contribution in [2.24, 2.45) is 4.99 Å². The average Bonchev–Trinajstić information content (AvgIpc) is 2.53. The summed E-state index contributed by atoms with van der Waals surface area (Å²) in [5, 5.41) is -2.83. The average molecular weight is 403 g/mol. The van der Waals surface area contributed by atoms with E-state index in [1.807, 2.05) is 0 Å². The molecule has 144 valence electrons. The van der Waals surface area contributed by atoms with Crippen LogP contribution in [0.2, 0.25) is 0 Å². The van der Waals surface area contributed by atoms with Gasteiger partial charge in [-0.15, -0.1) is 0 Å². The van der Waals surface area contributed by atoms with Gasteiger partial charge in [-0.3, -0.25) is 4.79 Å². The first kappa shape index (κ1) is 20.5. The SMILES string of the molecule is CCOC(=O)CC1SC(C(F)(F)C(F)(F)C(F)(F)F)=Nc2ccccc21. The van der Waals surface area contributed by atoms with E-state index in [0.29, 0.717) is 0 Å². The quantitative estimate of drug-likeness (QED) is 0.495. The molecule has 26 heavy (non-hydrogen) atoms. The second-order valence-corrected chi connectivity index (χ2v) is 6.43. The van der Waals surface area contributed by atoms with Crippen LogP contribution in [-0.4, -0.2) is 35.6 Å². The van der Waals surface area contributed by atoms with Gasteiger partial charge in [0.25, 0.3) is 0 Å². The largest absolute Gasteiger partial charge is 0.466 e. The predicted octanol–water partition coefficient (Wildman–Crippen LogP) is 5.29. The number of hydrogen-bond donors (Lipinski definition) is 0. The van der Waals surface area contributed by atoms with Crippen LogP contribution in [0.4, 0.5) is 36.4 Å². The van der Waals surface area contributed by atoms with Crippen molar-refractivity contribution in [3.05, 3.63) is 29.8 Å². The molecular formula is C15H12F7NO2S. The predicted molar refractivity (Wildman–Crippen MR) is 81.1 cm³/mol. The van der Waals surface area contributed by atoms with Crippen molar-refractivity contribution in [2.75, 3.05) is 6.61 Å². The summed E-state index contributed by atoms with van der Waals surface area (Å²) in [6.45, 7) is 1.51. The molecule has 0 radical (unpaired) electrons. The molecule has 0 aromatic heterocycles. The van der Waals surface area contributed by atoms with E-state index >= 15 is 0 Å². The van der Waals surface area contributed by atoms with Gasteiger partial charge in [-0.25, -0.2) is 4.99 Å². The molecule has 0 saturated heterocycles. The summed E-state index contributed by atoms with van der Waals surface area (Å²) in [6, 6.07) is 5.47. The van der Waals surface area contributed by atoms with E-state index in [1.165, 1.54) is 31.2 Å². The summed E-state index contributed by atoms with van der Waals surface area (Å²) in [7, 11) is 0. The number of hydrogen-bond acceptors (Lipinski definition) is 4. The number of benzene rings is 1. The summed E-state index contributed by atoms with van der Waals surface area (Å²) >= 11 is -0.00254. The molecule has 2 rings (SSSR count). The molecule has 0 N–H and O–H groups in total. The molecule has 1 aliphatic heterocycles. The van der Waals surface area contributed by atoms with Crippen LogP contribution in [0.15, 0.2) is 29.3 Å². The highest BCUT2D eigenvalue weighted by atomic mass is 32.2. The maximum Gasteiger partial charge on any atom is 0.460 e. The fourth-order valence-corrected chi connectivity index (χ4v) is 3.42. The number of carbonyl (C=O) groups is 1. The zero-order valence-corrected chi connectivity index (χ0v) is 13.9. The Morgan fingerprint density at radius 3 is 2.35 bits per heavy atom. The number of esters is 1. The van der Waals surface area contributed by atoms with Crippen LogP contribution in [-0.2, 0) is 9.53 Å². The third-order valence-electron chi connectivity index (χ3n) is 3.44. The Balaban J connectivity index is 2.45. The number of halogens is 7. The molecule has 0 bridgehead atoms. The van der Waals surface area contributed by atoms with Crippen LogP contribution in [0.5, 0.6) is 0 Å². The molecule has 0 aliphatic carbocycles. The summed E-state index contributed by atoms with van der Waals surface area (Å²) < 4.78 is 96.6. The Morgan fingerprint density at radius 1 is 1.15 bits per heavy atom. The summed E-state index contributed by atoms with van der Waals surface area (Å²) in [5.41, 5.74) is 0.0635. The fraction of sp³-hybridized carbons (Fsp3) is 0.467. The maximum atomic E-state index is 14.0. The minimum Gasteiger partial charge on any atom is -0.466 e. The topological polar surface area (TPSA) is 38.7 Å². The maximum absolute atomic E-state index is 14.0. The van der Waals surface area contributed by atoms with Crippen molar-refractivity contribution in [1.29, 1.82) is 0 Å². The summed E-state index contributed by atoms with van der Waals surface area (Å²) in [6.07, 6.45) is -6.95. The number of ether oxygens (including phenoxy) is 1. The summed E-state index contributed by atoms with van der Waals surface area (Å²) in [5.74, 6) is -12.7. The minimum absolute atomic E-state index is 0.00111. The van der Waals surface area contributed by atoms with Crippen molar-refractivity contribution in [3.63, 3.8) is 0 Å². The number of nitrogens with zero attached hydrogens (tertiary/aromatic N) is 1. The van der Waals surface area contributed by atoms with Crippen molar-refractivity contribution < 1.29 is 40.3 Å². The Morgan fingerprint density at radius 2 is 1.77 bits per heavy atom. The van der Waals surface area contributed by atoms with E-state index in [4.69, 9.17) is 4.74 Å². The zero-order valence-electron chi connectivity index (χ0n) is 13.1. The molecule has 1 atom stereocenters. The lowest BCUT2D eigenvalue weighted by molar-refractivity contribution is -0.335. The molecule has 1 heterocycles. The van der Waals surface area contributed by atoms with Gasteiger partial charge in [-0.2, -0.15) is 30.7 Å². The number of thioether (sulfide) groups is 1. The number of rotatable bonds is 5. The van der Waals surface area contributed by atoms with Gasteiger partial charge in [-0.05, 0) is 18.6 Å². The molecule has 3 nitrogen and oxygen atoms in total. The lowest BCUT2D eigenvalue weighted by atomic mass is 10.1. The summed E-state index contributed by atoms with van der Waals surface area (Å²) in [4.78, 5) is 14.9. The molecule has 0 spiro atoms. The van der Waals surface area contributed by atoms with Gasteiger partial charge in [0.2, 0.25) is 0 Å². The standard InChI is InChI=1S/C15H12F7NO2S/c1-2-25-11(24)7-10-8-5-3-4-6-9(8)23-12(26-10)13(16,17)14(18,19)15(20,21)22/h3-6,10H,2,7H2,1H3. The van der Waals surface area contributed by atoms with Gasteiger partial charge in [0.1, 0.15) is 0 Å². The van der Waals surface area contributed by atoms with Crippen LogP contribution in [0.1, 0.15) is 24.2 Å². The Hall–Kier alpha value is -1.78. The first-order valence-corrected chi connectivity index (χ1v) is 8.12. The van der Waals surface area contributed by atoms with Gasteiger partial charge in [0.15, 0.2) is 5.04 Å². The highest BCUT2D eigenvalue weighted by Crippen LogP contribution is 2.53. The van der Waals surface area contributed by atoms with Crippen LogP contribution in [0.25, 0.3) is 0 Å². The fourth-order valence-electron chi connectivity index (χ4n) is 2.18. The highest BCUT2D eigenvalue weighted by Gasteiger charge is 2.75. The minimum atomic E-state index is -6.47. The van der Waals surface area contributed by atoms with Crippen molar-refractivity contribution in [2.45, 2.75) is 36.6 Å². The number of fused-ring (bicyclic) bond motifs is 1. The molecule has 0 fully saturated rings. The second kappa shape index (κ2) is 7.09. The van der Waals surface area contributed by atoms with Crippen molar-refractivity contribution in [3.8, 4) is 0 Å². The van der Waals surface area contributed by atoms with E-state index in [-0.39, 0.29) is 29.6 Å². The molecular weight excluding hydrogens is 391 g/mol. The second-order valence-electron chi connectivity index (χ2n) is 5.24. The van der Waals surface area contributed by atoms with Gasteiger partial charge < -0.3 is 4.74 Å². The Bertz CT molecular complexity index is 718. The Kier molecular flexibility index (Phi) is 5.60. The van der Waals surface area contributed by atoms with E-state index < -0.39 is 40.7 Å². The lowest BCUT2D eigenvalue weighted by Gasteiger charge is -2.32. The molecule has 0 amide bonds. The highest BCUT2D eigenvalue weighted by molar-refractivity contribution is 8.14. The van der Waals surface area contributed by atoms with E-state index in [9.17, 15) is 35.5 Å². The molecule has 11 heteroatoms. The molecule has 1 aliphatic rings. The van der Waals surface area contributed by atoms with Gasteiger partial charge >= 0.3 is 24.0 Å².